The molecule has 0 radical (unpaired) electrons. The summed E-state index contributed by atoms with van der Waals surface area (Å²) in [6.07, 6.45) is -0.696. The summed E-state index contributed by atoms with van der Waals surface area (Å²) in [5, 5.41) is 11.9. The fourth-order valence-electron chi connectivity index (χ4n) is 3.84. The Morgan fingerprint density at radius 2 is 1.03 bits per heavy atom. The Hall–Kier alpha value is -4.09. The zero-order chi connectivity index (χ0) is 24.0. The highest BCUT2D eigenvalue weighted by Crippen LogP contribution is 2.36. The molecule has 34 heavy (non-hydrogen) atoms. The summed E-state index contributed by atoms with van der Waals surface area (Å²) >= 11 is 0. The second-order valence-electron chi connectivity index (χ2n) is 7.77. The van der Waals surface area contributed by atoms with Gasteiger partial charge in [-0.25, -0.2) is 4.79 Å². The molecule has 0 atom stereocenters. The van der Waals surface area contributed by atoms with Gasteiger partial charge >= 0.3 is 5.97 Å². The highest BCUT2D eigenvalue weighted by molar-refractivity contribution is 5.86. The lowest BCUT2D eigenvalue weighted by molar-refractivity contribution is -0.166. The lowest BCUT2D eigenvalue weighted by atomic mass is 9.86. The lowest BCUT2D eigenvalue weighted by Crippen LogP contribution is -2.39. The van der Waals surface area contributed by atoms with Crippen molar-refractivity contribution in [1.82, 2.24) is 0 Å². The first-order valence-corrected chi connectivity index (χ1v) is 10.9. The molecule has 0 saturated carbocycles. The normalized spacial score (nSPS) is 11.2. The van der Waals surface area contributed by atoms with Crippen LogP contribution in [0.15, 0.2) is 109 Å². The second kappa shape index (κ2) is 10.2. The fourth-order valence-corrected chi connectivity index (χ4v) is 3.84. The molecule has 0 bridgehead atoms. The van der Waals surface area contributed by atoms with Gasteiger partial charge < -0.3 is 19.3 Å². The molecule has 0 aromatic heterocycles. The lowest BCUT2D eigenvalue weighted by Gasteiger charge is -2.30. The van der Waals surface area contributed by atoms with Crippen molar-refractivity contribution in [2.45, 2.75) is 11.7 Å². The van der Waals surface area contributed by atoms with E-state index in [-0.39, 0.29) is 0 Å². The van der Waals surface area contributed by atoms with Crippen molar-refractivity contribution in [3.63, 3.8) is 0 Å². The average molecular weight is 455 g/mol. The van der Waals surface area contributed by atoms with Crippen LogP contribution in [0.1, 0.15) is 28.4 Å². The molecule has 5 heteroatoms. The average Bonchev–Trinajstić information content (AvgIpc) is 2.92. The highest BCUT2D eigenvalue weighted by Gasteiger charge is 2.43. The summed E-state index contributed by atoms with van der Waals surface area (Å²) in [6, 6.07) is 32.3. The van der Waals surface area contributed by atoms with Crippen LogP contribution >= 0.6 is 0 Å². The zero-order valence-corrected chi connectivity index (χ0v) is 19.0. The molecule has 0 aliphatic heterocycles. The van der Waals surface area contributed by atoms with Crippen LogP contribution in [0.2, 0.25) is 0 Å². The van der Waals surface area contributed by atoms with Crippen LogP contribution in [0, 0.1) is 0 Å². The van der Waals surface area contributed by atoms with Gasteiger partial charge in [-0.2, -0.15) is 0 Å². The Morgan fingerprint density at radius 3 is 1.38 bits per heavy atom. The summed E-state index contributed by atoms with van der Waals surface area (Å²) in [5.74, 6) is 0.432. The van der Waals surface area contributed by atoms with Crippen LogP contribution in [-0.4, -0.2) is 25.3 Å². The fraction of sp³-hybridized carbons (Fsp3) is 0.138. The monoisotopic (exact) mass is 454 g/mol. The standard InChI is InChI=1S/C29H26O5/c1-32-25-17-13-23(14-18-25)29(31,24-15-19-26(33-2)20-16-24)28(30)34-27(21-9-5-3-6-10-21)22-11-7-4-8-12-22/h3-20,27,31H,1-2H3. The Labute approximate surface area is 199 Å². The topological polar surface area (TPSA) is 65.0 Å². The van der Waals surface area contributed by atoms with Gasteiger partial charge in [0, 0.05) is 0 Å². The van der Waals surface area contributed by atoms with Gasteiger partial charge in [-0.15, -0.1) is 0 Å². The number of hydrogen-bond donors (Lipinski definition) is 1. The smallest absolute Gasteiger partial charge is 0.348 e. The SMILES string of the molecule is COc1ccc(C(O)(C(=O)OC(c2ccccc2)c2ccccc2)c2ccc(OC)cc2)cc1. The van der Waals surface area contributed by atoms with Crippen molar-refractivity contribution < 1.29 is 24.1 Å². The number of rotatable bonds is 8. The van der Waals surface area contributed by atoms with E-state index in [0.717, 1.165) is 11.1 Å². The van der Waals surface area contributed by atoms with Crippen LogP contribution in [0.5, 0.6) is 11.5 Å². The molecule has 5 nitrogen and oxygen atoms in total. The van der Waals surface area contributed by atoms with E-state index in [9.17, 15) is 9.90 Å². The maximum absolute atomic E-state index is 13.8. The summed E-state index contributed by atoms with van der Waals surface area (Å²) in [6.45, 7) is 0. The van der Waals surface area contributed by atoms with E-state index in [1.807, 2.05) is 60.7 Å². The number of benzene rings is 4. The van der Waals surface area contributed by atoms with Gasteiger partial charge in [0.05, 0.1) is 14.2 Å². The Balaban J connectivity index is 1.78. The summed E-state index contributed by atoms with van der Waals surface area (Å²) < 4.78 is 16.5. The van der Waals surface area contributed by atoms with Crippen LogP contribution in [-0.2, 0) is 15.1 Å². The molecule has 0 unspecified atom stereocenters. The molecule has 0 aliphatic rings. The molecular weight excluding hydrogens is 428 g/mol. The molecule has 4 rings (SSSR count). The molecule has 4 aromatic carbocycles. The van der Waals surface area contributed by atoms with Crippen LogP contribution in [0.4, 0.5) is 0 Å². The molecule has 4 aromatic rings. The van der Waals surface area contributed by atoms with Crippen molar-refractivity contribution in [2.75, 3.05) is 14.2 Å². The van der Waals surface area contributed by atoms with E-state index in [1.165, 1.54) is 0 Å². The molecule has 0 fully saturated rings. The van der Waals surface area contributed by atoms with E-state index in [4.69, 9.17) is 14.2 Å². The van der Waals surface area contributed by atoms with Gasteiger partial charge in [0.1, 0.15) is 11.5 Å². The quantitative estimate of drug-likeness (QED) is 0.367. The number of methoxy groups -OCH3 is 2. The highest BCUT2D eigenvalue weighted by atomic mass is 16.6. The van der Waals surface area contributed by atoms with Crippen LogP contribution in [0.3, 0.4) is 0 Å². The van der Waals surface area contributed by atoms with Gasteiger partial charge in [-0.05, 0) is 46.5 Å². The Bertz CT molecular complexity index is 1120. The summed E-state index contributed by atoms with van der Waals surface area (Å²) in [4.78, 5) is 13.8. The van der Waals surface area contributed by atoms with Gasteiger partial charge in [0.25, 0.3) is 0 Å². The second-order valence-corrected chi connectivity index (χ2v) is 7.77. The molecule has 172 valence electrons. The summed E-state index contributed by atoms with van der Waals surface area (Å²) in [7, 11) is 3.12. The van der Waals surface area contributed by atoms with Gasteiger partial charge in [-0.1, -0.05) is 84.9 Å². The van der Waals surface area contributed by atoms with Crippen molar-refractivity contribution in [1.29, 1.82) is 0 Å². The third-order valence-corrected chi connectivity index (χ3v) is 5.74. The maximum atomic E-state index is 13.8. The number of hydrogen-bond acceptors (Lipinski definition) is 5. The van der Waals surface area contributed by atoms with Gasteiger partial charge in [0.2, 0.25) is 5.60 Å². The zero-order valence-electron chi connectivity index (χ0n) is 19.0. The minimum Gasteiger partial charge on any atom is -0.497 e. The minimum absolute atomic E-state index is 0.364. The number of aliphatic hydroxyl groups is 1. The molecule has 0 aliphatic carbocycles. The molecule has 1 N–H and O–H groups in total. The maximum Gasteiger partial charge on any atom is 0.348 e. The van der Waals surface area contributed by atoms with Crippen LogP contribution < -0.4 is 9.47 Å². The Morgan fingerprint density at radius 1 is 0.647 bits per heavy atom. The van der Waals surface area contributed by atoms with E-state index >= 15 is 0 Å². The van der Waals surface area contributed by atoms with E-state index in [0.29, 0.717) is 22.6 Å². The number of carbonyl (C=O) groups excluding carboxylic acids is 1. The molecular formula is C29H26O5. The minimum atomic E-state index is -2.06. The first-order chi connectivity index (χ1) is 16.6. The van der Waals surface area contributed by atoms with E-state index < -0.39 is 17.7 Å². The van der Waals surface area contributed by atoms with E-state index in [2.05, 4.69) is 0 Å². The largest absolute Gasteiger partial charge is 0.497 e. The predicted molar refractivity (Wildman–Crippen MR) is 130 cm³/mol. The number of esters is 1. The predicted octanol–water partition coefficient (Wildman–Crippen LogP) is 5.27. The Kier molecular flexibility index (Phi) is 6.95. The van der Waals surface area contributed by atoms with Gasteiger partial charge in [-0.3, -0.25) is 0 Å². The third-order valence-electron chi connectivity index (χ3n) is 5.74. The van der Waals surface area contributed by atoms with E-state index in [1.54, 1.807) is 62.8 Å². The molecule has 0 spiro atoms. The molecule has 0 heterocycles. The number of carbonyl (C=O) groups is 1. The van der Waals surface area contributed by atoms with Crippen molar-refractivity contribution in [3.8, 4) is 11.5 Å². The first-order valence-electron chi connectivity index (χ1n) is 10.9. The first kappa shape index (κ1) is 23.1. The number of ether oxygens (including phenoxy) is 3. The third kappa shape index (κ3) is 4.65. The van der Waals surface area contributed by atoms with Gasteiger partial charge in [0.15, 0.2) is 6.10 Å². The molecule has 0 saturated heterocycles. The van der Waals surface area contributed by atoms with Crippen molar-refractivity contribution >= 4 is 5.97 Å². The van der Waals surface area contributed by atoms with Crippen molar-refractivity contribution in [3.05, 3.63) is 131 Å². The van der Waals surface area contributed by atoms with Crippen LogP contribution in [0.25, 0.3) is 0 Å². The van der Waals surface area contributed by atoms with Crippen molar-refractivity contribution in [2.24, 2.45) is 0 Å². The molecule has 0 amide bonds. The summed E-state index contributed by atoms with van der Waals surface area (Å²) in [5.41, 5.74) is 0.273.